The second kappa shape index (κ2) is 6.54. The summed E-state index contributed by atoms with van der Waals surface area (Å²) in [6.07, 6.45) is 1.39. The summed E-state index contributed by atoms with van der Waals surface area (Å²) in [6, 6.07) is 0.123. The van der Waals surface area contributed by atoms with Crippen molar-refractivity contribution in [1.29, 1.82) is 0 Å². The van der Waals surface area contributed by atoms with Crippen LogP contribution in [0.3, 0.4) is 0 Å². The Morgan fingerprint density at radius 1 is 1.33 bits per heavy atom. The predicted molar refractivity (Wildman–Crippen MR) is 72.9 cm³/mol. The van der Waals surface area contributed by atoms with E-state index in [0.717, 1.165) is 5.56 Å². The van der Waals surface area contributed by atoms with Gasteiger partial charge in [0.05, 0.1) is 6.54 Å². The topological polar surface area (TPSA) is 66.9 Å². The van der Waals surface area contributed by atoms with Gasteiger partial charge in [0.2, 0.25) is 5.91 Å². The minimum atomic E-state index is -0.0746. The van der Waals surface area contributed by atoms with E-state index in [1.54, 1.807) is 0 Å². The fraction of sp³-hybridized carbons (Fsp3) is 0.583. The smallest absolute Gasteiger partial charge is 0.239 e. The number of carbonyl (C=O) groups is 1. The highest BCUT2D eigenvalue weighted by Gasteiger charge is 2.14. The molecule has 0 unspecified atom stereocenters. The first-order valence-corrected chi connectivity index (χ1v) is 6.33. The average Bonchev–Trinajstić information content (AvgIpc) is 2.24. The predicted octanol–water partition coefficient (Wildman–Crippen LogP) is 2.19. The van der Waals surface area contributed by atoms with E-state index in [-0.39, 0.29) is 24.4 Å². The zero-order valence-electron chi connectivity index (χ0n) is 11.1. The van der Waals surface area contributed by atoms with Gasteiger partial charge in [0, 0.05) is 11.6 Å². The van der Waals surface area contributed by atoms with E-state index >= 15 is 0 Å². The van der Waals surface area contributed by atoms with Crippen molar-refractivity contribution in [2.45, 2.75) is 39.7 Å². The first kappa shape index (κ1) is 14.7. The Labute approximate surface area is 112 Å². The fourth-order valence-corrected chi connectivity index (χ4v) is 1.91. The van der Waals surface area contributed by atoms with Gasteiger partial charge in [-0.1, -0.05) is 25.4 Å². The molecule has 1 aromatic rings. The maximum atomic E-state index is 11.5. The minimum absolute atomic E-state index is 0.0746. The molecule has 0 saturated carbocycles. The molecule has 0 saturated heterocycles. The van der Waals surface area contributed by atoms with E-state index in [1.807, 2.05) is 27.7 Å². The Kier molecular flexibility index (Phi) is 5.34. The summed E-state index contributed by atoms with van der Waals surface area (Å²) in [4.78, 5) is 19.6. The monoisotopic (exact) mass is 270 g/mol. The summed E-state index contributed by atoms with van der Waals surface area (Å²) in [7, 11) is 0. The van der Waals surface area contributed by atoms with Crippen LogP contribution in [0.2, 0.25) is 5.15 Å². The summed E-state index contributed by atoms with van der Waals surface area (Å²) in [5, 5.41) is 6.21. The number of amides is 1. The van der Waals surface area contributed by atoms with Crippen molar-refractivity contribution in [2.24, 2.45) is 0 Å². The molecule has 1 rings (SSSR count). The summed E-state index contributed by atoms with van der Waals surface area (Å²) >= 11 is 6.03. The highest BCUT2D eigenvalue weighted by Crippen LogP contribution is 2.27. The van der Waals surface area contributed by atoms with Gasteiger partial charge in [-0.3, -0.25) is 4.79 Å². The molecule has 0 aromatic carbocycles. The molecule has 1 amide bonds. The van der Waals surface area contributed by atoms with Crippen LogP contribution >= 0.6 is 11.6 Å². The molecule has 0 bridgehead atoms. The average molecular weight is 271 g/mol. The lowest BCUT2D eigenvalue weighted by molar-refractivity contribution is -0.119. The molecule has 0 radical (unpaired) electrons. The molecule has 18 heavy (non-hydrogen) atoms. The first-order valence-electron chi connectivity index (χ1n) is 5.95. The van der Waals surface area contributed by atoms with Crippen LogP contribution in [0.1, 0.15) is 39.2 Å². The first-order chi connectivity index (χ1) is 8.41. The van der Waals surface area contributed by atoms with Crippen LogP contribution in [-0.4, -0.2) is 28.5 Å². The minimum Gasteiger partial charge on any atom is -0.361 e. The van der Waals surface area contributed by atoms with Gasteiger partial charge < -0.3 is 10.6 Å². The number of hydrogen-bond donors (Lipinski definition) is 2. The largest absolute Gasteiger partial charge is 0.361 e. The van der Waals surface area contributed by atoms with E-state index < -0.39 is 0 Å². The van der Waals surface area contributed by atoms with Crippen LogP contribution < -0.4 is 10.6 Å². The number of halogens is 1. The van der Waals surface area contributed by atoms with Crippen molar-refractivity contribution < 1.29 is 4.79 Å². The van der Waals surface area contributed by atoms with Crippen LogP contribution in [0.25, 0.3) is 0 Å². The molecule has 0 aliphatic rings. The Morgan fingerprint density at radius 2 is 2.00 bits per heavy atom. The van der Waals surface area contributed by atoms with Crippen molar-refractivity contribution in [2.75, 3.05) is 11.9 Å². The number of anilines is 1. The highest BCUT2D eigenvalue weighted by molar-refractivity contribution is 6.30. The van der Waals surface area contributed by atoms with Crippen LogP contribution in [0.15, 0.2) is 6.33 Å². The van der Waals surface area contributed by atoms with Gasteiger partial charge >= 0.3 is 0 Å². The zero-order valence-corrected chi connectivity index (χ0v) is 11.9. The summed E-state index contributed by atoms with van der Waals surface area (Å²) in [5.41, 5.74) is 0.830. The Bertz CT molecular complexity index is 421. The second-order valence-electron chi connectivity index (χ2n) is 4.66. The number of aromatic nitrogens is 2. The van der Waals surface area contributed by atoms with Gasteiger partial charge in [0.15, 0.2) is 0 Å². The van der Waals surface area contributed by atoms with Gasteiger partial charge in [-0.05, 0) is 19.8 Å². The van der Waals surface area contributed by atoms with Gasteiger partial charge in [0.25, 0.3) is 0 Å². The SMILES string of the molecule is CC(C)NC(=O)CNc1ncnc(Cl)c1C(C)C. The van der Waals surface area contributed by atoms with Crippen molar-refractivity contribution >= 4 is 23.3 Å². The molecule has 100 valence electrons. The summed E-state index contributed by atoms with van der Waals surface area (Å²) < 4.78 is 0. The van der Waals surface area contributed by atoms with Crippen LogP contribution in [-0.2, 0) is 4.79 Å². The molecule has 6 heteroatoms. The Balaban J connectivity index is 2.73. The van der Waals surface area contributed by atoms with Gasteiger partial charge in [-0.2, -0.15) is 0 Å². The van der Waals surface area contributed by atoms with E-state index in [4.69, 9.17) is 11.6 Å². The number of rotatable bonds is 5. The third-order valence-corrected chi connectivity index (χ3v) is 2.58. The van der Waals surface area contributed by atoms with Gasteiger partial charge in [0.1, 0.15) is 17.3 Å². The Morgan fingerprint density at radius 3 is 2.56 bits per heavy atom. The molecular formula is C12H19ClN4O. The number of nitrogens with zero attached hydrogens (tertiary/aromatic N) is 2. The molecule has 0 atom stereocenters. The lowest BCUT2D eigenvalue weighted by Crippen LogP contribution is -2.35. The van der Waals surface area contributed by atoms with Crippen LogP contribution in [0, 0.1) is 0 Å². The molecule has 1 heterocycles. The van der Waals surface area contributed by atoms with Gasteiger partial charge in [-0.25, -0.2) is 9.97 Å². The number of carbonyl (C=O) groups excluding carboxylic acids is 1. The highest BCUT2D eigenvalue weighted by atomic mass is 35.5. The molecule has 0 fully saturated rings. The lowest BCUT2D eigenvalue weighted by atomic mass is 10.1. The molecule has 2 N–H and O–H groups in total. The van der Waals surface area contributed by atoms with Crippen LogP contribution in [0.5, 0.6) is 0 Å². The standard InChI is InChI=1S/C12H19ClN4O/c1-7(2)10-11(13)15-6-16-12(10)14-5-9(18)17-8(3)4/h6-8H,5H2,1-4H3,(H,17,18)(H,14,15,16). The molecule has 5 nitrogen and oxygen atoms in total. The maximum absolute atomic E-state index is 11.5. The fourth-order valence-electron chi connectivity index (χ4n) is 1.56. The Hall–Kier alpha value is -1.36. The normalized spacial score (nSPS) is 10.8. The van der Waals surface area contributed by atoms with Crippen LogP contribution in [0.4, 0.5) is 5.82 Å². The maximum Gasteiger partial charge on any atom is 0.239 e. The quantitative estimate of drug-likeness (QED) is 0.805. The zero-order chi connectivity index (χ0) is 13.7. The molecular weight excluding hydrogens is 252 g/mol. The van der Waals surface area contributed by atoms with E-state index in [9.17, 15) is 4.79 Å². The van der Waals surface area contributed by atoms with E-state index in [2.05, 4.69) is 20.6 Å². The van der Waals surface area contributed by atoms with Crippen molar-refractivity contribution in [3.63, 3.8) is 0 Å². The van der Waals surface area contributed by atoms with Crippen molar-refractivity contribution in [3.05, 3.63) is 17.0 Å². The van der Waals surface area contributed by atoms with E-state index in [1.165, 1.54) is 6.33 Å². The molecule has 1 aromatic heterocycles. The molecule has 0 aliphatic heterocycles. The van der Waals surface area contributed by atoms with Crippen molar-refractivity contribution in [3.8, 4) is 0 Å². The molecule has 0 aliphatic carbocycles. The summed E-state index contributed by atoms with van der Waals surface area (Å²) in [6.45, 7) is 8.01. The molecule has 0 spiro atoms. The summed E-state index contributed by atoms with van der Waals surface area (Å²) in [5.74, 6) is 0.729. The number of nitrogens with one attached hydrogen (secondary N) is 2. The van der Waals surface area contributed by atoms with Gasteiger partial charge in [-0.15, -0.1) is 0 Å². The lowest BCUT2D eigenvalue weighted by Gasteiger charge is -2.14. The number of hydrogen-bond acceptors (Lipinski definition) is 4. The van der Waals surface area contributed by atoms with Crippen molar-refractivity contribution in [1.82, 2.24) is 15.3 Å². The third kappa shape index (κ3) is 4.14. The second-order valence-corrected chi connectivity index (χ2v) is 5.02. The third-order valence-electron chi connectivity index (χ3n) is 2.28. The van der Waals surface area contributed by atoms with E-state index in [0.29, 0.717) is 11.0 Å².